The SMILES string of the molecule is CC(C)[C@H](NC(=O)[C@H](C)NC(=O)[C@@H](N)Cc1cnc[nH]1)C(=S)N[C@@H](C)B(O)O. The third-order valence-electron chi connectivity index (χ3n) is 4.15. The quantitative estimate of drug-likeness (QED) is 0.175. The third kappa shape index (κ3) is 7.54. The highest BCUT2D eigenvalue weighted by Crippen LogP contribution is 2.05. The molecule has 8 N–H and O–H groups in total. The number of H-pyrrole nitrogens is 1. The van der Waals surface area contributed by atoms with Crippen molar-refractivity contribution in [1.82, 2.24) is 25.9 Å². The Morgan fingerprint density at radius 2 is 1.86 bits per heavy atom. The van der Waals surface area contributed by atoms with Crippen LogP contribution in [0.4, 0.5) is 0 Å². The number of nitrogens with one attached hydrogen (secondary N) is 4. The van der Waals surface area contributed by atoms with Crippen LogP contribution in [-0.2, 0) is 16.0 Å². The van der Waals surface area contributed by atoms with E-state index in [1.807, 2.05) is 13.8 Å². The Bertz CT molecular complexity index is 658. The molecule has 156 valence electrons. The monoisotopic (exact) mass is 412 g/mol. The Kier molecular flexibility index (Phi) is 9.52. The number of carbonyl (C=O) groups excluding carboxylic acids is 2. The van der Waals surface area contributed by atoms with Gasteiger partial charge < -0.3 is 36.7 Å². The number of amides is 2. The molecule has 28 heavy (non-hydrogen) atoms. The van der Waals surface area contributed by atoms with E-state index < -0.39 is 43.0 Å². The lowest BCUT2D eigenvalue weighted by Crippen LogP contribution is -2.57. The van der Waals surface area contributed by atoms with Gasteiger partial charge in [-0.05, 0) is 19.8 Å². The molecule has 0 fully saturated rings. The fourth-order valence-corrected chi connectivity index (χ4v) is 2.83. The van der Waals surface area contributed by atoms with E-state index >= 15 is 0 Å². The summed E-state index contributed by atoms with van der Waals surface area (Å²) in [7, 11) is -1.59. The molecule has 1 aromatic rings. The summed E-state index contributed by atoms with van der Waals surface area (Å²) < 4.78 is 0. The van der Waals surface area contributed by atoms with Crippen LogP contribution >= 0.6 is 12.2 Å². The van der Waals surface area contributed by atoms with Crippen molar-refractivity contribution in [2.75, 3.05) is 0 Å². The zero-order chi connectivity index (χ0) is 21.4. The second-order valence-corrected chi connectivity index (χ2v) is 7.50. The third-order valence-corrected chi connectivity index (χ3v) is 4.52. The normalized spacial score (nSPS) is 15.3. The minimum Gasteiger partial charge on any atom is -0.426 e. The lowest BCUT2D eigenvalue weighted by Gasteiger charge is -2.28. The first-order valence-corrected chi connectivity index (χ1v) is 9.43. The summed E-state index contributed by atoms with van der Waals surface area (Å²) in [5, 5.41) is 26.5. The number of aromatic amines is 1. The van der Waals surface area contributed by atoms with Gasteiger partial charge in [0.1, 0.15) is 6.04 Å². The van der Waals surface area contributed by atoms with Crippen LogP contribution < -0.4 is 21.7 Å². The first kappa shape index (κ1) is 24.0. The van der Waals surface area contributed by atoms with Crippen molar-refractivity contribution < 1.29 is 19.6 Å². The Morgan fingerprint density at radius 1 is 1.21 bits per heavy atom. The van der Waals surface area contributed by atoms with Crippen LogP contribution in [0.1, 0.15) is 33.4 Å². The van der Waals surface area contributed by atoms with Gasteiger partial charge in [0.25, 0.3) is 0 Å². The molecule has 0 saturated carbocycles. The number of thiocarbonyl (C=S) groups is 1. The number of imidazole rings is 1. The topological polar surface area (TPSA) is 165 Å². The first-order valence-electron chi connectivity index (χ1n) is 9.03. The van der Waals surface area contributed by atoms with E-state index in [1.165, 1.54) is 6.33 Å². The summed E-state index contributed by atoms with van der Waals surface area (Å²) in [6.07, 6.45) is 3.34. The van der Waals surface area contributed by atoms with Crippen molar-refractivity contribution in [2.45, 2.75) is 58.2 Å². The maximum atomic E-state index is 12.5. The summed E-state index contributed by atoms with van der Waals surface area (Å²) in [6.45, 7) is 6.83. The van der Waals surface area contributed by atoms with Crippen LogP contribution in [0.15, 0.2) is 12.5 Å². The highest BCUT2D eigenvalue weighted by Gasteiger charge is 2.28. The van der Waals surface area contributed by atoms with Crippen LogP contribution in [0, 0.1) is 5.92 Å². The minimum absolute atomic E-state index is 0.0578. The molecule has 12 heteroatoms. The van der Waals surface area contributed by atoms with Crippen molar-refractivity contribution >= 4 is 36.1 Å². The molecule has 0 aliphatic heterocycles. The van der Waals surface area contributed by atoms with Crippen LogP contribution in [-0.4, -0.2) is 68.0 Å². The lowest BCUT2D eigenvalue weighted by molar-refractivity contribution is -0.129. The summed E-state index contributed by atoms with van der Waals surface area (Å²) >= 11 is 5.28. The van der Waals surface area contributed by atoms with E-state index in [2.05, 4.69) is 25.9 Å². The van der Waals surface area contributed by atoms with Crippen molar-refractivity contribution in [3.05, 3.63) is 18.2 Å². The number of nitrogens with zero attached hydrogens (tertiary/aromatic N) is 1. The molecule has 1 heterocycles. The molecule has 0 unspecified atom stereocenters. The number of nitrogens with two attached hydrogens (primary N) is 1. The highest BCUT2D eigenvalue weighted by molar-refractivity contribution is 7.80. The van der Waals surface area contributed by atoms with Crippen LogP contribution in [0.25, 0.3) is 0 Å². The summed E-state index contributed by atoms with van der Waals surface area (Å²) in [4.78, 5) is 31.7. The molecule has 0 bridgehead atoms. The predicted molar refractivity (Wildman–Crippen MR) is 110 cm³/mol. The molecule has 1 rings (SSSR count). The highest BCUT2D eigenvalue weighted by atomic mass is 32.1. The molecule has 10 nitrogen and oxygen atoms in total. The fourth-order valence-electron chi connectivity index (χ4n) is 2.31. The molecule has 0 radical (unpaired) electrons. The predicted octanol–water partition coefficient (Wildman–Crippen LogP) is -1.76. The smallest absolute Gasteiger partial charge is 0.426 e. The van der Waals surface area contributed by atoms with Gasteiger partial charge in [0.05, 0.1) is 29.3 Å². The lowest BCUT2D eigenvalue weighted by atomic mass is 9.81. The average molecular weight is 412 g/mol. The Hall–Kier alpha value is -2.02. The summed E-state index contributed by atoms with van der Waals surface area (Å²) in [5.74, 6) is -1.64. The van der Waals surface area contributed by atoms with E-state index in [0.29, 0.717) is 0 Å². The first-order chi connectivity index (χ1) is 13.0. The molecule has 0 saturated heterocycles. The molecular formula is C16H29BN6O4S. The maximum absolute atomic E-state index is 12.5. The second-order valence-electron chi connectivity index (χ2n) is 7.06. The van der Waals surface area contributed by atoms with Gasteiger partial charge >= 0.3 is 7.12 Å². The van der Waals surface area contributed by atoms with Crippen molar-refractivity contribution in [3.8, 4) is 0 Å². The molecule has 4 atom stereocenters. The van der Waals surface area contributed by atoms with E-state index in [-0.39, 0.29) is 17.3 Å². The van der Waals surface area contributed by atoms with Gasteiger partial charge in [-0.3, -0.25) is 9.59 Å². The van der Waals surface area contributed by atoms with Gasteiger partial charge in [0.2, 0.25) is 11.8 Å². The number of hydrogen-bond acceptors (Lipinski definition) is 7. The van der Waals surface area contributed by atoms with E-state index in [1.54, 1.807) is 20.0 Å². The van der Waals surface area contributed by atoms with Gasteiger partial charge in [-0.15, -0.1) is 0 Å². The standard InChI is InChI=1S/C16H29BN6O4S/c1-8(2)13(16(28)22-10(4)17(26)27)23-14(24)9(3)21-15(25)12(18)5-11-6-19-7-20-11/h6-10,12-13,26-27H,5,18H2,1-4H3,(H,19,20)(H,21,25)(H,22,28)(H,23,24)/t9-,10-,12-,13-/m0/s1. The molecular weight excluding hydrogens is 383 g/mol. The largest absolute Gasteiger partial charge is 0.475 e. The Labute approximate surface area is 170 Å². The fraction of sp³-hybridized carbons (Fsp3) is 0.625. The molecule has 0 aromatic carbocycles. The van der Waals surface area contributed by atoms with Crippen LogP contribution in [0.3, 0.4) is 0 Å². The zero-order valence-corrected chi connectivity index (χ0v) is 17.3. The van der Waals surface area contributed by atoms with Crippen LogP contribution in [0.2, 0.25) is 0 Å². The molecule has 1 aromatic heterocycles. The maximum Gasteiger partial charge on any atom is 0.475 e. The van der Waals surface area contributed by atoms with Crippen molar-refractivity contribution in [2.24, 2.45) is 11.7 Å². The van der Waals surface area contributed by atoms with E-state index in [0.717, 1.165) is 5.69 Å². The summed E-state index contributed by atoms with van der Waals surface area (Å²) in [6, 6.07) is -2.20. The van der Waals surface area contributed by atoms with E-state index in [9.17, 15) is 19.6 Å². The number of aromatic nitrogens is 2. The molecule has 0 spiro atoms. The zero-order valence-electron chi connectivity index (χ0n) is 16.5. The van der Waals surface area contributed by atoms with Crippen molar-refractivity contribution in [1.29, 1.82) is 0 Å². The van der Waals surface area contributed by atoms with Crippen LogP contribution in [0.5, 0.6) is 0 Å². The summed E-state index contributed by atoms with van der Waals surface area (Å²) in [5.41, 5.74) is 6.59. The molecule has 0 aliphatic carbocycles. The van der Waals surface area contributed by atoms with Crippen molar-refractivity contribution in [3.63, 3.8) is 0 Å². The average Bonchev–Trinajstić information content (AvgIpc) is 3.11. The Morgan fingerprint density at radius 3 is 2.36 bits per heavy atom. The van der Waals surface area contributed by atoms with Gasteiger partial charge in [0.15, 0.2) is 0 Å². The Balaban J connectivity index is 2.61. The number of carbonyl (C=O) groups is 2. The number of rotatable bonds is 10. The van der Waals surface area contributed by atoms with Gasteiger partial charge in [-0.25, -0.2) is 4.98 Å². The molecule has 0 aliphatic rings. The minimum atomic E-state index is -1.59. The second kappa shape index (κ2) is 11.1. The van der Waals surface area contributed by atoms with E-state index in [4.69, 9.17) is 18.0 Å². The van der Waals surface area contributed by atoms with Gasteiger partial charge in [0, 0.05) is 18.3 Å². The van der Waals surface area contributed by atoms with Gasteiger partial charge in [-0.1, -0.05) is 26.1 Å². The van der Waals surface area contributed by atoms with Gasteiger partial charge in [-0.2, -0.15) is 0 Å². The number of hydrogen-bond donors (Lipinski definition) is 7. The molecule has 2 amide bonds.